The number of rotatable bonds is 20. The molecule has 57 heavy (non-hydrogen) atoms. The minimum Gasteiger partial charge on any atom is -0.487 e. The van der Waals surface area contributed by atoms with Crippen LogP contribution in [0, 0.1) is 24.7 Å². The summed E-state index contributed by atoms with van der Waals surface area (Å²) in [4.78, 5) is 26.3. The number of fused-ring (bicyclic) bond motifs is 2. The molecule has 1 saturated carbocycles. The van der Waals surface area contributed by atoms with Gasteiger partial charge in [-0.3, -0.25) is 9.88 Å². The molecule has 1 aromatic heterocycles. The summed E-state index contributed by atoms with van der Waals surface area (Å²) in [5.74, 6) is -0.380. The van der Waals surface area contributed by atoms with Gasteiger partial charge in [0.1, 0.15) is 30.8 Å². The molecular formula is C46H59N3O8. The van der Waals surface area contributed by atoms with E-state index in [1.165, 1.54) is 7.11 Å². The Bertz CT molecular complexity index is 1850. The number of benzene rings is 2. The van der Waals surface area contributed by atoms with Crippen LogP contribution in [-0.2, 0) is 27.5 Å². The number of carbonyl (C=O) groups excluding carboxylic acids is 1. The maximum Gasteiger partial charge on any atom is 0.409 e. The molecule has 306 valence electrons. The summed E-state index contributed by atoms with van der Waals surface area (Å²) in [7, 11) is 1.40. The van der Waals surface area contributed by atoms with Crippen molar-refractivity contribution in [1.82, 2.24) is 9.88 Å². The Morgan fingerprint density at radius 3 is 2.54 bits per heavy atom. The van der Waals surface area contributed by atoms with Crippen LogP contribution in [0.3, 0.4) is 0 Å². The van der Waals surface area contributed by atoms with Gasteiger partial charge in [-0.1, -0.05) is 73.5 Å². The smallest absolute Gasteiger partial charge is 0.409 e. The molecule has 3 aromatic rings. The van der Waals surface area contributed by atoms with Gasteiger partial charge in [-0.25, -0.2) is 4.79 Å². The molecule has 0 spiro atoms. The van der Waals surface area contributed by atoms with Gasteiger partial charge in [0, 0.05) is 43.4 Å². The van der Waals surface area contributed by atoms with Crippen molar-refractivity contribution in [2.24, 2.45) is 22.9 Å². The number of aromatic nitrogens is 1. The summed E-state index contributed by atoms with van der Waals surface area (Å²) in [6, 6.07) is 21.1. The summed E-state index contributed by atoms with van der Waals surface area (Å²) in [5, 5.41) is 24.7. The van der Waals surface area contributed by atoms with E-state index in [-0.39, 0.29) is 44.2 Å². The summed E-state index contributed by atoms with van der Waals surface area (Å²) < 4.78 is 26.1. The lowest BCUT2D eigenvalue weighted by atomic mass is 9.55. The van der Waals surface area contributed by atoms with Crippen LogP contribution >= 0.6 is 0 Å². The van der Waals surface area contributed by atoms with E-state index in [0.29, 0.717) is 50.3 Å². The highest BCUT2D eigenvalue weighted by Gasteiger charge is 2.65. The first-order valence-corrected chi connectivity index (χ1v) is 20.5. The Morgan fingerprint density at radius 1 is 1.04 bits per heavy atom. The SMILES string of the molecule is C=CCO[C@@]12Oc3ccc(OCc4cccc(C)n4)cc3[C@H]3[C@H](CCCCO)[C@@H](CCCCO)C=C(C(=NOCc4ccccc4)C[C@@H]1N(CCC)C(=O)OC)[C@H]32. The third-order valence-corrected chi connectivity index (χ3v) is 11.5. The van der Waals surface area contributed by atoms with Gasteiger partial charge in [0.25, 0.3) is 0 Å². The first kappa shape index (κ1) is 41.9. The van der Waals surface area contributed by atoms with Crippen LogP contribution in [0.4, 0.5) is 4.79 Å². The predicted octanol–water partition coefficient (Wildman–Crippen LogP) is 8.28. The molecule has 0 radical (unpaired) electrons. The van der Waals surface area contributed by atoms with Crippen LogP contribution in [-0.4, -0.2) is 77.2 Å². The van der Waals surface area contributed by atoms with Crippen molar-refractivity contribution < 1.29 is 38.8 Å². The molecule has 6 atom stereocenters. The molecule has 11 heteroatoms. The number of carbonyl (C=O) groups is 1. The maximum atomic E-state index is 13.8. The highest BCUT2D eigenvalue weighted by atomic mass is 16.7. The Labute approximate surface area is 337 Å². The average Bonchev–Trinajstić information content (AvgIpc) is 3.23. The monoisotopic (exact) mass is 781 g/mol. The van der Waals surface area contributed by atoms with Crippen molar-refractivity contribution in [2.45, 2.75) is 96.2 Å². The van der Waals surface area contributed by atoms with E-state index in [2.05, 4.69) is 23.7 Å². The highest BCUT2D eigenvalue weighted by molar-refractivity contribution is 6.03. The third-order valence-electron chi connectivity index (χ3n) is 11.5. The second-order valence-electron chi connectivity index (χ2n) is 15.3. The number of aliphatic hydroxyl groups is 2. The number of oxime groups is 1. The zero-order chi connectivity index (χ0) is 40.2. The lowest BCUT2D eigenvalue weighted by Crippen LogP contribution is -2.70. The number of pyridine rings is 1. The molecule has 0 unspecified atom stereocenters. The summed E-state index contributed by atoms with van der Waals surface area (Å²) in [6.07, 6.45) is 9.30. The van der Waals surface area contributed by atoms with Crippen molar-refractivity contribution in [2.75, 3.05) is 33.5 Å². The zero-order valence-electron chi connectivity index (χ0n) is 33.7. The second kappa shape index (κ2) is 20.1. The molecule has 1 fully saturated rings. The zero-order valence-corrected chi connectivity index (χ0v) is 33.7. The van der Waals surface area contributed by atoms with E-state index in [0.717, 1.165) is 59.5 Å². The fraction of sp³-hybridized carbons (Fsp3) is 0.500. The molecule has 0 bridgehead atoms. The number of aliphatic hydroxyl groups excluding tert-OH is 2. The van der Waals surface area contributed by atoms with E-state index >= 15 is 0 Å². The number of hydrogen-bond acceptors (Lipinski definition) is 10. The molecule has 3 aliphatic rings. The van der Waals surface area contributed by atoms with Gasteiger partial charge in [0.2, 0.25) is 5.79 Å². The number of ether oxygens (including phenoxy) is 4. The normalized spacial score (nSPS) is 24.1. The molecule has 0 saturated heterocycles. The van der Waals surface area contributed by atoms with E-state index in [4.69, 9.17) is 28.9 Å². The van der Waals surface area contributed by atoms with Gasteiger partial charge >= 0.3 is 6.09 Å². The second-order valence-corrected chi connectivity index (χ2v) is 15.3. The van der Waals surface area contributed by atoms with Crippen molar-refractivity contribution in [3.05, 3.63) is 114 Å². The molecule has 1 amide bonds. The van der Waals surface area contributed by atoms with Crippen molar-refractivity contribution in [3.63, 3.8) is 0 Å². The minimum absolute atomic E-state index is 0.0926. The molecule has 2 aromatic carbocycles. The number of aryl methyl sites for hydroxylation is 1. The number of unbranched alkanes of at least 4 members (excludes halogenated alkanes) is 2. The number of hydrogen-bond donors (Lipinski definition) is 2. The van der Waals surface area contributed by atoms with Gasteiger partial charge in [-0.05, 0) is 92.3 Å². The summed E-state index contributed by atoms with van der Waals surface area (Å²) >= 11 is 0. The number of allylic oxidation sites excluding steroid dienone is 1. The number of methoxy groups -OCH3 is 1. The van der Waals surface area contributed by atoms with Crippen LogP contribution in [0.5, 0.6) is 11.5 Å². The minimum atomic E-state index is -1.35. The molecule has 1 aliphatic heterocycles. The van der Waals surface area contributed by atoms with Gasteiger partial charge in [0.15, 0.2) is 0 Å². The van der Waals surface area contributed by atoms with Gasteiger partial charge in [-0.15, -0.1) is 6.58 Å². The van der Waals surface area contributed by atoms with Crippen LogP contribution < -0.4 is 9.47 Å². The first-order chi connectivity index (χ1) is 27.9. The van der Waals surface area contributed by atoms with Crippen LogP contribution in [0.1, 0.15) is 86.7 Å². The quantitative estimate of drug-likeness (QED) is 0.0661. The molecule has 6 rings (SSSR count). The fourth-order valence-electron chi connectivity index (χ4n) is 9.07. The Morgan fingerprint density at radius 2 is 1.82 bits per heavy atom. The lowest BCUT2D eigenvalue weighted by Gasteiger charge is -2.59. The Balaban J connectivity index is 1.55. The summed E-state index contributed by atoms with van der Waals surface area (Å²) in [6.45, 7) is 9.41. The van der Waals surface area contributed by atoms with Crippen molar-refractivity contribution >= 4 is 11.8 Å². The fourth-order valence-corrected chi connectivity index (χ4v) is 9.07. The number of amides is 1. The van der Waals surface area contributed by atoms with Crippen molar-refractivity contribution in [3.8, 4) is 11.5 Å². The molecule has 2 N–H and O–H groups in total. The molecule has 11 nitrogen and oxygen atoms in total. The predicted molar refractivity (Wildman–Crippen MR) is 219 cm³/mol. The standard InChI is InChI=1S/C46H59N3O8/c1-5-23-49(45(52)53-4)42-29-40(48-56-30-33-16-8-7-9-17-33)38-27-34(18-10-12-24-50)37(20-11-13-25-51)43-39-28-36(54-31-35-19-14-15-32(3)47-35)21-22-41(39)57-46(42,44(38)43)55-26-6-2/h6-9,14-17,19,21-22,27-28,34,37,42-44,50-51H,2,5,10-13,18,20,23-26,29-31H2,1,3-4H3/t34-,37+,42-,43+,44+,46+/m0/s1. The van der Waals surface area contributed by atoms with Crippen molar-refractivity contribution in [1.29, 1.82) is 0 Å². The molecule has 2 heterocycles. The van der Waals surface area contributed by atoms with Crippen LogP contribution in [0.2, 0.25) is 0 Å². The maximum absolute atomic E-state index is 13.8. The van der Waals surface area contributed by atoms with Crippen LogP contribution in [0.25, 0.3) is 0 Å². The largest absolute Gasteiger partial charge is 0.487 e. The third kappa shape index (κ3) is 9.54. The van der Waals surface area contributed by atoms with Crippen LogP contribution in [0.15, 0.2) is 96.2 Å². The van der Waals surface area contributed by atoms with Gasteiger partial charge in [-0.2, -0.15) is 0 Å². The first-order valence-electron chi connectivity index (χ1n) is 20.5. The van der Waals surface area contributed by atoms with E-state index in [1.54, 1.807) is 11.0 Å². The average molecular weight is 782 g/mol. The van der Waals surface area contributed by atoms with E-state index < -0.39 is 23.8 Å². The van der Waals surface area contributed by atoms with Gasteiger partial charge < -0.3 is 34.0 Å². The Kier molecular flexibility index (Phi) is 14.8. The van der Waals surface area contributed by atoms with E-state index in [1.807, 2.05) is 74.5 Å². The topological polar surface area (TPSA) is 132 Å². The summed E-state index contributed by atoms with van der Waals surface area (Å²) in [5.41, 5.74) is 5.45. The molecule has 2 aliphatic carbocycles. The van der Waals surface area contributed by atoms with Gasteiger partial charge in [0.05, 0.1) is 31.0 Å². The molecular weight excluding hydrogens is 723 g/mol. The number of nitrogens with zero attached hydrogens (tertiary/aromatic N) is 3. The lowest BCUT2D eigenvalue weighted by molar-refractivity contribution is -0.255. The highest BCUT2D eigenvalue weighted by Crippen LogP contribution is 2.62. The van der Waals surface area contributed by atoms with E-state index in [9.17, 15) is 15.0 Å². The Hall–Kier alpha value is -4.71.